The monoisotopic (exact) mass is 346 g/mol. The molecule has 6 heteroatoms. The SMILES string of the molecule is CCN(CCCN(C)C)c1ccc(C(=O)O)c(Br)c1F. The third-order valence-electron chi connectivity index (χ3n) is 3.05. The van der Waals surface area contributed by atoms with E-state index in [9.17, 15) is 9.18 Å². The van der Waals surface area contributed by atoms with Gasteiger partial charge >= 0.3 is 5.97 Å². The lowest BCUT2D eigenvalue weighted by Gasteiger charge is -2.25. The smallest absolute Gasteiger partial charge is 0.336 e. The number of hydrogen-bond acceptors (Lipinski definition) is 3. The normalized spacial score (nSPS) is 10.9. The summed E-state index contributed by atoms with van der Waals surface area (Å²) in [6.07, 6.45) is 0.915. The van der Waals surface area contributed by atoms with Gasteiger partial charge in [0.05, 0.1) is 15.7 Å². The summed E-state index contributed by atoms with van der Waals surface area (Å²) in [5.74, 6) is -1.66. The van der Waals surface area contributed by atoms with Crippen LogP contribution in [0.2, 0.25) is 0 Å². The molecule has 0 radical (unpaired) electrons. The molecule has 0 heterocycles. The molecule has 0 saturated heterocycles. The molecule has 4 nitrogen and oxygen atoms in total. The lowest BCUT2D eigenvalue weighted by atomic mass is 10.1. The molecular weight excluding hydrogens is 327 g/mol. The highest BCUT2D eigenvalue weighted by Crippen LogP contribution is 2.29. The summed E-state index contributed by atoms with van der Waals surface area (Å²) < 4.78 is 14.3. The molecule has 0 unspecified atom stereocenters. The Kier molecular flexibility index (Phi) is 6.42. The molecule has 0 bridgehead atoms. The van der Waals surface area contributed by atoms with E-state index in [0.717, 1.165) is 19.5 Å². The zero-order valence-electron chi connectivity index (χ0n) is 12.0. The Balaban J connectivity index is 2.93. The molecule has 0 aromatic heterocycles. The summed E-state index contributed by atoms with van der Waals surface area (Å²) in [5, 5.41) is 8.96. The summed E-state index contributed by atoms with van der Waals surface area (Å²) in [4.78, 5) is 14.9. The molecule has 0 aliphatic heterocycles. The number of nitrogens with zero attached hydrogens (tertiary/aromatic N) is 2. The summed E-state index contributed by atoms with van der Waals surface area (Å²) in [6, 6.07) is 2.96. The Labute approximate surface area is 127 Å². The first-order chi connectivity index (χ1) is 9.38. The number of carboxylic acids is 1. The Bertz CT molecular complexity index is 480. The van der Waals surface area contributed by atoms with E-state index < -0.39 is 11.8 Å². The summed E-state index contributed by atoms with van der Waals surface area (Å²) >= 11 is 3.03. The minimum absolute atomic E-state index is 0.00793. The third kappa shape index (κ3) is 4.18. The second-order valence-electron chi connectivity index (χ2n) is 4.80. The molecule has 0 saturated carbocycles. The lowest BCUT2D eigenvalue weighted by molar-refractivity contribution is 0.0695. The van der Waals surface area contributed by atoms with Crippen LogP contribution in [0.5, 0.6) is 0 Å². The van der Waals surface area contributed by atoms with E-state index >= 15 is 0 Å². The van der Waals surface area contributed by atoms with Gasteiger partial charge in [-0.2, -0.15) is 0 Å². The van der Waals surface area contributed by atoms with Gasteiger partial charge in [-0.05, 0) is 62.0 Å². The molecule has 1 N–H and O–H groups in total. The summed E-state index contributed by atoms with van der Waals surface area (Å²) in [7, 11) is 3.99. The Morgan fingerprint density at radius 1 is 1.35 bits per heavy atom. The van der Waals surface area contributed by atoms with Gasteiger partial charge in [-0.15, -0.1) is 0 Å². The fraction of sp³-hybridized carbons (Fsp3) is 0.500. The predicted molar refractivity (Wildman–Crippen MR) is 82.1 cm³/mol. The number of aromatic carboxylic acids is 1. The first kappa shape index (κ1) is 16.9. The van der Waals surface area contributed by atoms with Crippen molar-refractivity contribution in [2.75, 3.05) is 38.6 Å². The highest BCUT2D eigenvalue weighted by molar-refractivity contribution is 9.10. The van der Waals surface area contributed by atoms with E-state index in [1.165, 1.54) is 12.1 Å². The molecule has 0 aliphatic carbocycles. The average Bonchev–Trinajstić information content (AvgIpc) is 2.38. The molecule has 112 valence electrons. The number of halogens is 2. The minimum atomic E-state index is -1.14. The minimum Gasteiger partial charge on any atom is -0.478 e. The predicted octanol–water partition coefficient (Wildman–Crippen LogP) is 3.06. The topological polar surface area (TPSA) is 43.8 Å². The molecule has 20 heavy (non-hydrogen) atoms. The Morgan fingerprint density at radius 2 is 2.00 bits per heavy atom. The Morgan fingerprint density at radius 3 is 2.50 bits per heavy atom. The summed E-state index contributed by atoms with van der Waals surface area (Å²) in [5.41, 5.74) is 0.374. The van der Waals surface area contributed by atoms with E-state index in [0.29, 0.717) is 12.2 Å². The maximum absolute atomic E-state index is 14.3. The number of rotatable bonds is 7. The quantitative estimate of drug-likeness (QED) is 0.823. The van der Waals surface area contributed by atoms with Gasteiger partial charge in [0.25, 0.3) is 0 Å². The van der Waals surface area contributed by atoms with Crippen molar-refractivity contribution >= 4 is 27.6 Å². The van der Waals surface area contributed by atoms with Crippen LogP contribution < -0.4 is 4.90 Å². The first-order valence-electron chi connectivity index (χ1n) is 6.49. The van der Waals surface area contributed by atoms with Gasteiger partial charge in [0.15, 0.2) is 5.82 Å². The number of benzene rings is 1. The fourth-order valence-electron chi connectivity index (χ4n) is 1.98. The van der Waals surface area contributed by atoms with Crippen molar-refractivity contribution in [2.45, 2.75) is 13.3 Å². The second-order valence-corrected chi connectivity index (χ2v) is 5.59. The molecule has 0 aliphatic rings. The molecule has 0 fully saturated rings. The zero-order valence-corrected chi connectivity index (χ0v) is 13.6. The van der Waals surface area contributed by atoms with Gasteiger partial charge in [0.2, 0.25) is 0 Å². The third-order valence-corrected chi connectivity index (χ3v) is 3.82. The average molecular weight is 347 g/mol. The van der Waals surface area contributed by atoms with Gasteiger partial charge in [0, 0.05) is 13.1 Å². The zero-order chi connectivity index (χ0) is 15.3. The van der Waals surface area contributed by atoms with Gasteiger partial charge < -0.3 is 14.9 Å². The van der Waals surface area contributed by atoms with Crippen molar-refractivity contribution in [1.82, 2.24) is 4.90 Å². The van der Waals surface area contributed by atoms with Crippen molar-refractivity contribution in [2.24, 2.45) is 0 Å². The van der Waals surface area contributed by atoms with Crippen molar-refractivity contribution in [1.29, 1.82) is 0 Å². The van der Waals surface area contributed by atoms with Gasteiger partial charge in [-0.1, -0.05) is 0 Å². The maximum Gasteiger partial charge on any atom is 0.336 e. The van der Waals surface area contributed by atoms with Crippen LogP contribution in [0.25, 0.3) is 0 Å². The van der Waals surface area contributed by atoms with Crippen LogP contribution in [0.15, 0.2) is 16.6 Å². The highest BCUT2D eigenvalue weighted by atomic mass is 79.9. The van der Waals surface area contributed by atoms with Crippen molar-refractivity contribution in [3.63, 3.8) is 0 Å². The van der Waals surface area contributed by atoms with E-state index in [2.05, 4.69) is 20.8 Å². The van der Waals surface area contributed by atoms with Crippen LogP contribution >= 0.6 is 15.9 Å². The van der Waals surface area contributed by atoms with E-state index in [4.69, 9.17) is 5.11 Å². The molecule has 1 aromatic carbocycles. The van der Waals surface area contributed by atoms with Crippen LogP contribution in [0.4, 0.5) is 10.1 Å². The van der Waals surface area contributed by atoms with E-state index in [1.807, 2.05) is 25.9 Å². The standard InChI is InChI=1S/C14H20BrFN2O2/c1-4-18(9-5-8-17(2)3)11-7-6-10(14(19)20)12(15)13(11)16/h6-7H,4-5,8-9H2,1-3H3,(H,19,20). The van der Waals surface area contributed by atoms with Gasteiger partial charge in [-0.3, -0.25) is 0 Å². The molecule has 1 aromatic rings. The van der Waals surface area contributed by atoms with E-state index in [1.54, 1.807) is 0 Å². The van der Waals surface area contributed by atoms with Crippen LogP contribution in [0, 0.1) is 5.82 Å². The number of hydrogen-bond donors (Lipinski definition) is 1. The molecule has 0 spiro atoms. The van der Waals surface area contributed by atoms with Gasteiger partial charge in [-0.25, -0.2) is 9.18 Å². The highest BCUT2D eigenvalue weighted by Gasteiger charge is 2.18. The molecule has 1 rings (SSSR count). The van der Waals surface area contributed by atoms with Crippen molar-refractivity contribution in [3.8, 4) is 0 Å². The maximum atomic E-state index is 14.3. The second kappa shape index (κ2) is 7.59. The lowest BCUT2D eigenvalue weighted by Crippen LogP contribution is -2.28. The molecule has 0 amide bonds. The summed E-state index contributed by atoms with van der Waals surface area (Å²) in [6.45, 7) is 4.27. The first-order valence-corrected chi connectivity index (χ1v) is 7.28. The fourth-order valence-corrected chi connectivity index (χ4v) is 2.48. The largest absolute Gasteiger partial charge is 0.478 e. The Hall–Kier alpha value is -1.14. The number of carbonyl (C=O) groups is 1. The van der Waals surface area contributed by atoms with Crippen LogP contribution in [-0.2, 0) is 0 Å². The molecular formula is C14H20BrFN2O2. The number of anilines is 1. The van der Waals surface area contributed by atoms with Gasteiger partial charge in [0.1, 0.15) is 0 Å². The van der Waals surface area contributed by atoms with Crippen molar-refractivity contribution in [3.05, 3.63) is 28.0 Å². The van der Waals surface area contributed by atoms with Crippen molar-refractivity contribution < 1.29 is 14.3 Å². The number of carboxylic acid groups (broad SMARTS) is 1. The van der Waals surface area contributed by atoms with Crippen LogP contribution in [0.3, 0.4) is 0 Å². The molecule has 0 atom stereocenters. The van der Waals surface area contributed by atoms with Crippen LogP contribution in [-0.4, -0.2) is 49.7 Å². The van der Waals surface area contributed by atoms with Crippen LogP contribution in [0.1, 0.15) is 23.7 Å². The van der Waals surface area contributed by atoms with E-state index in [-0.39, 0.29) is 10.0 Å².